The van der Waals surface area contributed by atoms with Gasteiger partial charge in [0, 0.05) is 23.3 Å². The van der Waals surface area contributed by atoms with Crippen LogP contribution in [-0.2, 0) is 16.0 Å². The molecule has 0 aromatic heterocycles. The van der Waals surface area contributed by atoms with E-state index in [2.05, 4.69) is 5.32 Å². The first kappa shape index (κ1) is 19.8. The molecule has 0 unspecified atom stereocenters. The number of esters is 1. The van der Waals surface area contributed by atoms with Crippen molar-refractivity contribution in [3.63, 3.8) is 0 Å². The second-order valence-electron chi connectivity index (χ2n) is 5.62. The number of amides is 1. The minimum absolute atomic E-state index is 0.0455. The summed E-state index contributed by atoms with van der Waals surface area (Å²) >= 11 is 0. The highest BCUT2D eigenvalue weighted by molar-refractivity contribution is 5.99. The summed E-state index contributed by atoms with van der Waals surface area (Å²) in [6.07, 6.45) is 0.855. The van der Waals surface area contributed by atoms with Crippen LogP contribution in [0.15, 0.2) is 48.5 Å². The van der Waals surface area contributed by atoms with Gasteiger partial charge in [0.25, 0.3) is 11.6 Å². The summed E-state index contributed by atoms with van der Waals surface area (Å²) < 4.78 is 4.85. The molecule has 2 aromatic rings. The summed E-state index contributed by atoms with van der Waals surface area (Å²) in [4.78, 5) is 45.7. The number of ether oxygens (including phenoxy) is 1. The lowest BCUT2D eigenvalue weighted by Crippen LogP contribution is -2.31. The fourth-order valence-corrected chi connectivity index (χ4v) is 2.22. The molecule has 0 fully saturated rings. The first-order valence-electron chi connectivity index (χ1n) is 8.21. The molecule has 0 aliphatic carbocycles. The van der Waals surface area contributed by atoms with Crippen molar-refractivity contribution in [2.75, 3.05) is 13.2 Å². The molecule has 8 nitrogen and oxygen atoms in total. The summed E-state index contributed by atoms with van der Waals surface area (Å²) in [6, 6.07) is 12.1. The van der Waals surface area contributed by atoms with E-state index in [4.69, 9.17) is 4.74 Å². The Balaban J connectivity index is 1.81. The lowest BCUT2D eigenvalue weighted by atomic mass is 10.1. The van der Waals surface area contributed by atoms with Gasteiger partial charge in [0.15, 0.2) is 12.4 Å². The van der Waals surface area contributed by atoms with Gasteiger partial charge in [0.2, 0.25) is 0 Å². The van der Waals surface area contributed by atoms with E-state index in [1.54, 1.807) is 12.1 Å². The minimum atomic E-state index is -0.785. The number of nitrogens with one attached hydrogen (secondary N) is 1. The number of rotatable bonds is 8. The number of hydrogen-bond donors (Lipinski definition) is 1. The van der Waals surface area contributed by atoms with Crippen LogP contribution in [0.1, 0.15) is 33.2 Å². The number of nitro benzene ring substituents is 1. The third-order valence-corrected chi connectivity index (χ3v) is 3.76. The number of benzene rings is 2. The van der Waals surface area contributed by atoms with Crippen LogP contribution in [0.25, 0.3) is 0 Å². The van der Waals surface area contributed by atoms with E-state index in [1.165, 1.54) is 18.2 Å². The van der Waals surface area contributed by atoms with Crippen molar-refractivity contribution < 1.29 is 24.0 Å². The topological polar surface area (TPSA) is 116 Å². The van der Waals surface area contributed by atoms with E-state index in [0.717, 1.165) is 18.1 Å². The summed E-state index contributed by atoms with van der Waals surface area (Å²) in [5.74, 6) is -1.79. The number of nitrogens with zero attached hydrogens (tertiary/aromatic N) is 1. The van der Waals surface area contributed by atoms with Gasteiger partial charge in [-0.05, 0) is 18.1 Å². The molecule has 0 aliphatic rings. The number of aryl methyl sites for hydroxylation is 1. The summed E-state index contributed by atoms with van der Waals surface area (Å²) in [5, 5.41) is 13.0. The Kier molecular flexibility index (Phi) is 6.76. The number of hydrogen-bond acceptors (Lipinski definition) is 6. The van der Waals surface area contributed by atoms with E-state index in [9.17, 15) is 24.5 Å². The molecule has 0 heterocycles. The molecule has 0 atom stereocenters. The fourth-order valence-electron chi connectivity index (χ4n) is 2.22. The van der Waals surface area contributed by atoms with Crippen molar-refractivity contribution in [2.45, 2.75) is 13.3 Å². The maximum Gasteiger partial charge on any atom is 0.325 e. The number of nitro groups is 1. The monoisotopic (exact) mass is 370 g/mol. The van der Waals surface area contributed by atoms with Crippen LogP contribution in [0, 0.1) is 10.1 Å². The van der Waals surface area contributed by atoms with Crippen LogP contribution in [-0.4, -0.2) is 35.7 Å². The molecule has 1 amide bonds. The van der Waals surface area contributed by atoms with Gasteiger partial charge in [0.05, 0.1) is 4.92 Å². The van der Waals surface area contributed by atoms with Crippen LogP contribution < -0.4 is 5.32 Å². The predicted molar refractivity (Wildman–Crippen MR) is 96.5 cm³/mol. The Morgan fingerprint density at radius 3 is 2.41 bits per heavy atom. The van der Waals surface area contributed by atoms with Crippen LogP contribution in [0.3, 0.4) is 0 Å². The molecule has 0 saturated heterocycles. The first-order chi connectivity index (χ1) is 12.9. The fraction of sp³-hybridized carbons (Fsp3) is 0.211. The van der Waals surface area contributed by atoms with Crippen molar-refractivity contribution >= 4 is 23.3 Å². The molecule has 0 aliphatic heterocycles. The van der Waals surface area contributed by atoms with Crippen LogP contribution in [0.2, 0.25) is 0 Å². The number of carbonyl (C=O) groups excluding carboxylic acids is 3. The summed E-state index contributed by atoms with van der Waals surface area (Å²) in [6.45, 7) is 1.11. The molecule has 2 aromatic carbocycles. The van der Waals surface area contributed by atoms with Gasteiger partial charge >= 0.3 is 5.97 Å². The van der Waals surface area contributed by atoms with Crippen molar-refractivity contribution in [1.29, 1.82) is 0 Å². The normalized spacial score (nSPS) is 10.1. The SMILES string of the molecule is CCc1ccc(C(=O)COC(=O)CNC(=O)c2cccc([N+](=O)[O-])c2)cc1. The predicted octanol–water partition coefficient (Wildman–Crippen LogP) is 2.31. The van der Waals surface area contributed by atoms with Gasteiger partial charge in [-0.1, -0.05) is 37.3 Å². The number of Topliss-reactive ketones (excluding diaryl/α,β-unsaturated/α-hetero) is 1. The van der Waals surface area contributed by atoms with Gasteiger partial charge in [-0.2, -0.15) is 0 Å². The van der Waals surface area contributed by atoms with Crippen molar-refractivity contribution in [3.05, 3.63) is 75.3 Å². The lowest BCUT2D eigenvalue weighted by Gasteiger charge is -2.07. The molecule has 1 N–H and O–H groups in total. The van der Waals surface area contributed by atoms with E-state index in [1.807, 2.05) is 19.1 Å². The van der Waals surface area contributed by atoms with Crippen LogP contribution in [0.5, 0.6) is 0 Å². The van der Waals surface area contributed by atoms with Crippen molar-refractivity contribution in [3.8, 4) is 0 Å². The average Bonchev–Trinajstić information content (AvgIpc) is 2.70. The molecule has 8 heteroatoms. The lowest BCUT2D eigenvalue weighted by molar-refractivity contribution is -0.384. The number of ketones is 1. The highest BCUT2D eigenvalue weighted by atomic mass is 16.6. The highest BCUT2D eigenvalue weighted by Crippen LogP contribution is 2.12. The van der Waals surface area contributed by atoms with Gasteiger partial charge in [-0.3, -0.25) is 24.5 Å². The molecule has 0 bridgehead atoms. The molecular formula is C19H18N2O6. The molecule has 2 rings (SSSR count). The van der Waals surface area contributed by atoms with Crippen LogP contribution >= 0.6 is 0 Å². The molecular weight excluding hydrogens is 352 g/mol. The molecule has 0 saturated carbocycles. The van der Waals surface area contributed by atoms with Gasteiger partial charge in [-0.25, -0.2) is 0 Å². The van der Waals surface area contributed by atoms with E-state index in [0.29, 0.717) is 5.56 Å². The van der Waals surface area contributed by atoms with E-state index < -0.39 is 30.0 Å². The molecule has 0 radical (unpaired) electrons. The van der Waals surface area contributed by atoms with E-state index >= 15 is 0 Å². The standard InChI is InChI=1S/C19H18N2O6/c1-2-13-6-8-14(9-7-13)17(22)12-27-18(23)11-20-19(24)15-4-3-5-16(10-15)21(25)26/h3-10H,2,11-12H2,1H3,(H,20,24). The smallest absolute Gasteiger partial charge is 0.325 e. The maximum absolute atomic E-state index is 12.0. The first-order valence-corrected chi connectivity index (χ1v) is 8.21. The zero-order valence-electron chi connectivity index (χ0n) is 14.6. The number of carbonyl (C=O) groups is 3. The highest BCUT2D eigenvalue weighted by Gasteiger charge is 2.14. The molecule has 27 heavy (non-hydrogen) atoms. The summed E-state index contributed by atoms with van der Waals surface area (Å²) in [7, 11) is 0. The third kappa shape index (κ3) is 5.74. The van der Waals surface area contributed by atoms with Crippen molar-refractivity contribution in [1.82, 2.24) is 5.32 Å². The third-order valence-electron chi connectivity index (χ3n) is 3.76. The second-order valence-corrected chi connectivity index (χ2v) is 5.62. The van der Waals surface area contributed by atoms with Gasteiger partial charge in [0.1, 0.15) is 6.54 Å². The largest absolute Gasteiger partial charge is 0.456 e. The Bertz CT molecular complexity index is 861. The van der Waals surface area contributed by atoms with Crippen LogP contribution in [0.4, 0.5) is 5.69 Å². The Morgan fingerprint density at radius 2 is 1.78 bits per heavy atom. The minimum Gasteiger partial charge on any atom is -0.456 e. The van der Waals surface area contributed by atoms with Gasteiger partial charge < -0.3 is 10.1 Å². The Morgan fingerprint density at radius 1 is 1.07 bits per heavy atom. The maximum atomic E-state index is 12.0. The average molecular weight is 370 g/mol. The zero-order valence-corrected chi connectivity index (χ0v) is 14.6. The van der Waals surface area contributed by atoms with Crippen molar-refractivity contribution in [2.24, 2.45) is 0 Å². The quantitative estimate of drug-likeness (QED) is 0.330. The Hall–Kier alpha value is -3.55. The van der Waals surface area contributed by atoms with Gasteiger partial charge in [-0.15, -0.1) is 0 Å². The second kappa shape index (κ2) is 9.23. The molecule has 140 valence electrons. The summed E-state index contributed by atoms with van der Waals surface area (Å²) in [5.41, 5.74) is 1.34. The number of non-ortho nitro benzene ring substituents is 1. The Labute approximate surface area is 155 Å². The molecule has 0 spiro atoms. The zero-order chi connectivity index (χ0) is 19.8. The van der Waals surface area contributed by atoms with E-state index in [-0.39, 0.29) is 17.0 Å².